The molecule has 1 amide bonds. The van der Waals surface area contributed by atoms with E-state index in [0.717, 1.165) is 7.11 Å². The molecule has 0 heterocycles. The number of hydrogen-bond acceptors (Lipinski definition) is 4. The van der Waals surface area contributed by atoms with Gasteiger partial charge in [0.2, 0.25) is 5.91 Å². The monoisotopic (exact) mass is 282 g/mol. The van der Waals surface area contributed by atoms with E-state index in [9.17, 15) is 22.8 Å². The van der Waals surface area contributed by atoms with Gasteiger partial charge in [0.1, 0.15) is 6.54 Å². The smallest absolute Gasteiger partial charge is 0.406 e. The second kappa shape index (κ2) is 8.52. The highest BCUT2D eigenvalue weighted by atomic mass is 19.4. The van der Waals surface area contributed by atoms with Crippen molar-refractivity contribution in [2.45, 2.75) is 12.6 Å². The van der Waals surface area contributed by atoms with Gasteiger partial charge in [-0.3, -0.25) is 9.59 Å². The Kier molecular flexibility index (Phi) is 7.81. The van der Waals surface area contributed by atoms with Crippen LogP contribution in [0, 0.1) is 0 Å². The molecule has 0 fully saturated rings. The number of alkyl halides is 3. The second-order valence-electron chi connectivity index (χ2n) is 3.68. The molecule has 5 nitrogen and oxygen atoms in total. The molecule has 19 heavy (non-hydrogen) atoms. The number of esters is 1. The Morgan fingerprint density at radius 2 is 2.05 bits per heavy atom. The van der Waals surface area contributed by atoms with Gasteiger partial charge in [0.25, 0.3) is 0 Å². The Labute approximate surface area is 109 Å². The van der Waals surface area contributed by atoms with Crippen LogP contribution in [0.5, 0.6) is 0 Å². The topological polar surface area (TPSA) is 58.6 Å². The van der Waals surface area contributed by atoms with Crippen molar-refractivity contribution in [1.82, 2.24) is 10.2 Å². The Morgan fingerprint density at radius 3 is 2.53 bits per heavy atom. The minimum atomic E-state index is -4.51. The summed E-state index contributed by atoms with van der Waals surface area (Å²) in [7, 11) is 1.13. The summed E-state index contributed by atoms with van der Waals surface area (Å²) < 4.78 is 41.3. The Morgan fingerprint density at radius 1 is 1.42 bits per heavy atom. The van der Waals surface area contributed by atoms with Gasteiger partial charge in [-0.25, -0.2) is 0 Å². The predicted octanol–water partition coefficient (Wildman–Crippen LogP) is 0.716. The standard InChI is InChI=1S/C11H17F3N2O3/c1-3-5-15-7-9(17)16(8-11(12,13)14)6-4-10(18)19-2/h3,15H,1,4-8H2,2H3. The molecule has 0 spiro atoms. The van der Waals surface area contributed by atoms with Crippen LogP contribution in [-0.4, -0.2) is 56.2 Å². The largest absolute Gasteiger partial charge is 0.469 e. The SMILES string of the molecule is C=CCNCC(=O)N(CCC(=O)OC)CC(F)(F)F. The molecule has 0 aromatic carbocycles. The van der Waals surface area contributed by atoms with Gasteiger partial charge in [0, 0.05) is 13.1 Å². The molecule has 0 aliphatic heterocycles. The zero-order valence-electron chi connectivity index (χ0n) is 10.6. The van der Waals surface area contributed by atoms with E-state index < -0.39 is 24.6 Å². The lowest BCUT2D eigenvalue weighted by atomic mass is 10.3. The lowest BCUT2D eigenvalue weighted by Gasteiger charge is -2.23. The summed E-state index contributed by atoms with van der Waals surface area (Å²) in [5.41, 5.74) is 0. The van der Waals surface area contributed by atoms with Crippen LogP contribution in [0.15, 0.2) is 12.7 Å². The van der Waals surface area contributed by atoms with E-state index in [1.54, 1.807) is 0 Å². The molecule has 0 aromatic heterocycles. The Hall–Kier alpha value is -1.57. The molecular weight excluding hydrogens is 265 g/mol. The number of methoxy groups -OCH3 is 1. The van der Waals surface area contributed by atoms with Crippen LogP contribution in [0.4, 0.5) is 13.2 Å². The van der Waals surface area contributed by atoms with Gasteiger partial charge in [-0.1, -0.05) is 6.08 Å². The number of ether oxygens (including phenoxy) is 1. The summed E-state index contributed by atoms with van der Waals surface area (Å²) >= 11 is 0. The van der Waals surface area contributed by atoms with E-state index in [4.69, 9.17) is 0 Å². The van der Waals surface area contributed by atoms with E-state index in [-0.39, 0.29) is 19.5 Å². The minimum absolute atomic E-state index is 0.247. The number of carbonyl (C=O) groups excluding carboxylic acids is 2. The maximum atomic E-state index is 12.3. The van der Waals surface area contributed by atoms with E-state index in [1.165, 1.54) is 6.08 Å². The molecule has 0 aromatic rings. The lowest BCUT2D eigenvalue weighted by Crippen LogP contribution is -2.44. The number of halogens is 3. The van der Waals surface area contributed by atoms with Gasteiger partial charge >= 0.3 is 12.1 Å². The first-order valence-corrected chi connectivity index (χ1v) is 5.53. The van der Waals surface area contributed by atoms with Crippen LogP contribution in [0.25, 0.3) is 0 Å². The summed E-state index contributed by atoms with van der Waals surface area (Å²) in [5, 5.41) is 2.61. The Balaban J connectivity index is 4.43. The Bertz CT molecular complexity index is 319. The first kappa shape index (κ1) is 17.4. The molecular formula is C11H17F3N2O3. The fourth-order valence-corrected chi connectivity index (χ4v) is 1.23. The summed E-state index contributed by atoms with van der Waals surface area (Å²) in [6.07, 6.45) is -3.31. The van der Waals surface area contributed by atoms with Crippen LogP contribution in [-0.2, 0) is 14.3 Å². The number of nitrogens with one attached hydrogen (secondary N) is 1. The third-order valence-corrected chi connectivity index (χ3v) is 2.10. The predicted molar refractivity (Wildman–Crippen MR) is 62.3 cm³/mol. The average Bonchev–Trinajstić information content (AvgIpc) is 2.32. The molecule has 0 atom stereocenters. The highest BCUT2D eigenvalue weighted by Crippen LogP contribution is 2.16. The van der Waals surface area contributed by atoms with Crippen molar-refractivity contribution in [3.8, 4) is 0 Å². The van der Waals surface area contributed by atoms with Crippen molar-refractivity contribution in [3.05, 3.63) is 12.7 Å². The molecule has 0 saturated heterocycles. The number of nitrogens with zero attached hydrogens (tertiary/aromatic N) is 1. The molecule has 0 aliphatic carbocycles. The van der Waals surface area contributed by atoms with Crippen LogP contribution < -0.4 is 5.32 Å². The third kappa shape index (κ3) is 9.06. The van der Waals surface area contributed by atoms with Gasteiger partial charge in [0.05, 0.1) is 20.1 Å². The van der Waals surface area contributed by atoms with Crippen LogP contribution in [0.2, 0.25) is 0 Å². The fourth-order valence-electron chi connectivity index (χ4n) is 1.23. The number of carbonyl (C=O) groups is 2. The van der Waals surface area contributed by atoms with Gasteiger partial charge in [-0.05, 0) is 0 Å². The normalized spacial score (nSPS) is 10.9. The maximum absolute atomic E-state index is 12.3. The van der Waals surface area contributed by atoms with E-state index in [0.29, 0.717) is 11.4 Å². The second-order valence-corrected chi connectivity index (χ2v) is 3.68. The molecule has 110 valence electrons. The highest BCUT2D eigenvalue weighted by Gasteiger charge is 2.32. The molecule has 0 rings (SSSR count). The molecule has 1 N–H and O–H groups in total. The minimum Gasteiger partial charge on any atom is -0.469 e. The summed E-state index contributed by atoms with van der Waals surface area (Å²) in [6.45, 7) is 1.74. The van der Waals surface area contributed by atoms with Crippen molar-refractivity contribution >= 4 is 11.9 Å². The summed E-state index contributed by atoms with van der Waals surface area (Å²) in [4.78, 5) is 23.0. The number of amides is 1. The molecule has 0 radical (unpaired) electrons. The van der Waals surface area contributed by atoms with Crippen molar-refractivity contribution < 1.29 is 27.5 Å². The van der Waals surface area contributed by atoms with E-state index in [1.807, 2.05) is 0 Å². The van der Waals surface area contributed by atoms with Crippen LogP contribution in [0.3, 0.4) is 0 Å². The van der Waals surface area contributed by atoms with Gasteiger partial charge in [-0.15, -0.1) is 6.58 Å². The maximum Gasteiger partial charge on any atom is 0.406 e. The van der Waals surface area contributed by atoms with Gasteiger partial charge in [0.15, 0.2) is 0 Å². The number of rotatable bonds is 8. The van der Waals surface area contributed by atoms with Gasteiger partial charge in [-0.2, -0.15) is 13.2 Å². The first-order chi connectivity index (χ1) is 8.80. The summed E-state index contributed by atoms with van der Waals surface area (Å²) in [6, 6.07) is 0. The summed E-state index contributed by atoms with van der Waals surface area (Å²) in [5.74, 6) is -1.40. The third-order valence-electron chi connectivity index (χ3n) is 2.10. The van der Waals surface area contributed by atoms with Crippen molar-refractivity contribution in [2.24, 2.45) is 0 Å². The zero-order chi connectivity index (χ0) is 14.9. The van der Waals surface area contributed by atoms with Crippen LogP contribution >= 0.6 is 0 Å². The zero-order valence-corrected chi connectivity index (χ0v) is 10.6. The van der Waals surface area contributed by atoms with Crippen molar-refractivity contribution in [2.75, 3.05) is 33.3 Å². The molecule has 0 aliphatic rings. The van der Waals surface area contributed by atoms with E-state index in [2.05, 4.69) is 16.6 Å². The average molecular weight is 282 g/mol. The lowest BCUT2D eigenvalue weighted by molar-refractivity contribution is -0.162. The fraction of sp³-hybridized carbons (Fsp3) is 0.636. The first-order valence-electron chi connectivity index (χ1n) is 5.53. The molecule has 0 unspecified atom stereocenters. The van der Waals surface area contributed by atoms with E-state index >= 15 is 0 Å². The van der Waals surface area contributed by atoms with Crippen molar-refractivity contribution in [3.63, 3.8) is 0 Å². The molecule has 8 heteroatoms. The molecule has 0 bridgehead atoms. The van der Waals surface area contributed by atoms with Gasteiger partial charge < -0.3 is 15.0 Å². The quantitative estimate of drug-likeness (QED) is 0.405. The number of hydrogen-bond donors (Lipinski definition) is 1. The highest BCUT2D eigenvalue weighted by molar-refractivity contribution is 5.79. The van der Waals surface area contributed by atoms with Crippen molar-refractivity contribution in [1.29, 1.82) is 0 Å². The molecule has 0 saturated carbocycles. The van der Waals surface area contributed by atoms with Crippen LogP contribution in [0.1, 0.15) is 6.42 Å².